The monoisotopic (exact) mass is 168 g/mol. The van der Waals surface area contributed by atoms with E-state index < -0.39 is 0 Å². The van der Waals surface area contributed by atoms with E-state index in [1.807, 2.05) is 12.2 Å². The lowest BCUT2D eigenvalue weighted by molar-refractivity contribution is 0.303. The standard InChI is InChI=1S/C9H12OS/c1-8-5-6-9(11-8)4-2-3-7-10/h2,4-6,10H,3,7H2,1H3/b4-2-. The van der Waals surface area contributed by atoms with E-state index in [-0.39, 0.29) is 6.61 Å². The number of thiophene rings is 1. The Kier molecular flexibility index (Phi) is 3.33. The highest BCUT2D eigenvalue weighted by atomic mass is 32.1. The number of aliphatic hydroxyl groups is 1. The largest absolute Gasteiger partial charge is 0.396 e. The third kappa shape index (κ3) is 2.87. The normalized spacial score (nSPS) is 11.1. The van der Waals surface area contributed by atoms with Gasteiger partial charge in [-0.15, -0.1) is 11.3 Å². The highest BCUT2D eigenvalue weighted by Crippen LogP contribution is 2.16. The molecule has 0 saturated carbocycles. The van der Waals surface area contributed by atoms with E-state index in [0.29, 0.717) is 0 Å². The van der Waals surface area contributed by atoms with E-state index in [2.05, 4.69) is 19.1 Å². The van der Waals surface area contributed by atoms with Gasteiger partial charge in [-0.2, -0.15) is 0 Å². The van der Waals surface area contributed by atoms with Crippen LogP contribution < -0.4 is 0 Å². The predicted octanol–water partition coefficient (Wildman–Crippen LogP) is 2.45. The minimum Gasteiger partial charge on any atom is -0.396 e. The number of hydrogen-bond donors (Lipinski definition) is 1. The summed E-state index contributed by atoms with van der Waals surface area (Å²) in [6, 6.07) is 4.19. The zero-order valence-electron chi connectivity index (χ0n) is 6.58. The molecule has 1 heterocycles. The number of hydrogen-bond acceptors (Lipinski definition) is 2. The molecule has 0 unspecified atom stereocenters. The van der Waals surface area contributed by atoms with Crippen molar-refractivity contribution in [3.8, 4) is 0 Å². The minimum absolute atomic E-state index is 0.237. The molecule has 0 spiro atoms. The van der Waals surface area contributed by atoms with Crippen molar-refractivity contribution in [2.24, 2.45) is 0 Å². The van der Waals surface area contributed by atoms with Gasteiger partial charge in [-0.25, -0.2) is 0 Å². The third-order valence-corrected chi connectivity index (χ3v) is 2.30. The van der Waals surface area contributed by atoms with Gasteiger partial charge in [-0.1, -0.05) is 6.08 Å². The summed E-state index contributed by atoms with van der Waals surface area (Å²) < 4.78 is 0. The smallest absolute Gasteiger partial charge is 0.0465 e. The molecule has 11 heavy (non-hydrogen) atoms. The number of aliphatic hydroxyl groups excluding tert-OH is 1. The lowest BCUT2D eigenvalue weighted by atomic mass is 10.3. The Morgan fingerprint density at radius 1 is 1.55 bits per heavy atom. The molecule has 0 amide bonds. The maximum absolute atomic E-state index is 8.50. The molecule has 1 rings (SSSR count). The van der Waals surface area contributed by atoms with Crippen molar-refractivity contribution in [2.75, 3.05) is 6.61 Å². The molecule has 1 N–H and O–H groups in total. The van der Waals surface area contributed by atoms with Crippen molar-refractivity contribution in [3.05, 3.63) is 28.0 Å². The van der Waals surface area contributed by atoms with Crippen LogP contribution in [0.25, 0.3) is 6.08 Å². The summed E-state index contributed by atoms with van der Waals surface area (Å²) in [5, 5.41) is 8.50. The van der Waals surface area contributed by atoms with Crippen molar-refractivity contribution < 1.29 is 5.11 Å². The van der Waals surface area contributed by atoms with E-state index in [1.165, 1.54) is 9.75 Å². The molecule has 0 atom stereocenters. The van der Waals surface area contributed by atoms with E-state index in [9.17, 15) is 0 Å². The van der Waals surface area contributed by atoms with Gasteiger partial charge in [0.15, 0.2) is 0 Å². The molecule has 2 heteroatoms. The first-order chi connectivity index (χ1) is 5.33. The first-order valence-electron chi connectivity index (χ1n) is 3.67. The van der Waals surface area contributed by atoms with Crippen LogP contribution in [0.3, 0.4) is 0 Å². The molecule has 0 bridgehead atoms. The van der Waals surface area contributed by atoms with Crippen LogP contribution >= 0.6 is 11.3 Å². The van der Waals surface area contributed by atoms with E-state index in [0.717, 1.165) is 6.42 Å². The van der Waals surface area contributed by atoms with Crippen LogP contribution in [-0.2, 0) is 0 Å². The zero-order chi connectivity index (χ0) is 8.10. The summed E-state index contributed by atoms with van der Waals surface area (Å²) in [5.41, 5.74) is 0. The summed E-state index contributed by atoms with van der Waals surface area (Å²) in [7, 11) is 0. The Balaban J connectivity index is 2.50. The van der Waals surface area contributed by atoms with Gasteiger partial charge < -0.3 is 5.11 Å². The Morgan fingerprint density at radius 2 is 2.36 bits per heavy atom. The van der Waals surface area contributed by atoms with Crippen LogP contribution in [0.4, 0.5) is 0 Å². The molecular weight excluding hydrogens is 156 g/mol. The fourth-order valence-electron chi connectivity index (χ4n) is 0.817. The van der Waals surface area contributed by atoms with Crippen LogP contribution in [-0.4, -0.2) is 11.7 Å². The Morgan fingerprint density at radius 3 is 2.91 bits per heavy atom. The van der Waals surface area contributed by atoms with E-state index in [4.69, 9.17) is 5.11 Å². The van der Waals surface area contributed by atoms with Crippen LogP contribution in [0.15, 0.2) is 18.2 Å². The van der Waals surface area contributed by atoms with Gasteiger partial charge in [-0.05, 0) is 31.6 Å². The molecule has 0 aromatic carbocycles. The third-order valence-electron chi connectivity index (χ3n) is 1.34. The molecule has 1 aromatic rings. The minimum atomic E-state index is 0.237. The molecule has 0 saturated heterocycles. The molecule has 60 valence electrons. The van der Waals surface area contributed by atoms with Crippen LogP contribution in [0.2, 0.25) is 0 Å². The maximum Gasteiger partial charge on any atom is 0.0465 e. The average molecular weight is 168 g/mol. The van der Waals surface area contributed by atoms with E-state index in [1.54, 1.807) is 11.3 Å². The second-order valence-corrected chi connectivity index (χ2v) is 3.68. The van der Waals surface area contributed by atoms with Crippen molar-refractivity contribution in [2.45, 2.75) is 13.3 Å². The molecular formula is C9H12OS. The van der Waals surface area contributed by atoms with Gasteiger partial charge in [0.25, 0.3) is 0 Å². The highest BCUT2D eigenvalue weighted by Gasteiger charge is 1.89. The average Bonchev–Trinajstić information content (AvgIpc) is 2.37. The summed E-state index contributed by atoms with van der Waals surface area (Å²) in [5.74, 6) is 0. The maximum atomic E-state index is 8.50. The fourth-order valence-corrected chi connectivity index (χ4v) is 1.63. The van der Waals surface area contributed by atoms with Crippen molar-refractivity contribution in [1.29, 1.82) is 0 Å². The Hall–Kier alpha value is -0.600. The highest BCUT2D eigenvalue weighted by molar-refractivity contribution is 7.12. The molecule has 0 aliphatic rings. The van der Waals surface area contributed by atoms with Crippen molar-refractivity contribution in [1.82, 2.24) is 0 Å². The topological polar surface area (TPSA) is 20.2 Å². The van der Waals surface area contributed by atoms with E-state index >= 15 is 0 Å². The first-order valence-corrected chi connectivity index (χ1v) is 4.48. The Bertz CT molecular complexity index is 237. The molecule has 0 radical (unpaired) electrons. The van der Waals surface area contributed by atoms with Gasteiger partial charge in [0.2, 0.25) is 0 Å². The lowest BCUT2D eigenvalue weighted by Crippen LogP contribution is -1.74. The van der Waals surface area contributed by atoms with Crippen LogP contribution in [0, 0.1) is 6.92 Å². The summed E-state index contributed by atoms with van der Waals surface area (Å²) in [6.07, 6.45) is 4.79. The van der Waals surface area contributed by atoms with Gasteiger partial charge in [0.05, 0.1) is 0 Å². The van der Waals surface area contributed by atoms with Gasteiger partial charge in [-0.3, -0.25) is 0 Å². The summed E-state index contributed by atoms with van der Waals surface area (Å²) in [4.78, 5) is 2.59. The summed E-state index contributed by atoms with van der Waals surface area (Å²) >= 11 is 1.77. The van der Waals surface area contributed by atoms with Crippen LogP contribution in [0.5, 0.6) is 0 Å². The second-order valence-electron chi connectivity index (χ2n) is 2.36. The molecule has 1 nitrogen and oxygen atoms in total. The molecule has 0 fully saturated rings. The van der Waals surface area contributed by atoms with Crippen LogP contribution in [0.1, 0.15) is 16.2 Å². The van der Waals surface area contributed by atoms with Crippen molar-refractivity contribution in [3.63, 3.8) is 0 Å². The van der Waals surface area contributed by atoms with Gasteiger partial charge in [0.1, 0.15) is 0 Å². The number of aryl methyl sites for hydroxylation is 1. The van der Waals surface area contributed by atoms with Gasteiger partial charge in [0, 0.05) is 16.4 Å². The Labute approximate surface area is 71.0 Å². The quantitative estimate of drug-likeness (QED) is 0.735. The molecule has 0 aliphatic carbocycles. The molecule has 0 aliphatic heterocycles. The number of rotatable bonds is 3. The lowest BCUT2D eigenvalue weighted by Gasteiger charge is -1.83. The molecule has 1 aromatic heterocycles. The zero-order valence-corrected chi connectivity index (χ0v) is 7.40. The first kappa shape index (κ1) is 8.50. The SMILES string of the molecule is Cc1ccc(/C=C\CCO)s1. The predicted molar refractivity (Wildman–Crippen MR) is 49.8 cm³/mol. The van der Waals surface area contributed by atoms with Crippen molar-refractivity contribution >= 4 is 17.4 Å². The van der Waals surface area contributed by atoms with Gasteiger partial charge >= 0.3 is 0 Å². The second kappa shape index (κ2) is 4.31. The fraction of sp³-hybridized carbons (Fsp3) is 0.333. The summed E-state index contributed by atoms with van der Waals surface area (Å²) in [6.45, 7) is 2.33.